The van der Waals surface area contributed by atoms with Crippen LogP contribution < -0.4 is 5.32 Å². The normalized spacial score (nSPS) is 11.8. The largest absolute Gasteiger partial charge is 0.302 e. The van der Waals surface area contributed by atoms with Crippen molar-refractivity contribution in [2.75, 3.05) is 0 Å². The van der Waals surface area contributed by atoms with E-state index < -0.39 is 0 Å². The molecule has 96 valence electrons. The van der Waals surface area contributed by atoms with E-state index in [0.717, 1.165) is 10.6 Å². The van der Waals surface area contributed by atoms with Crippen LogP contribution in [0.25, 0.3) is 0 Å². The quantitative estimate of drug-likeness (QED) is 0.915. The third-order valence-electron chi connectivity index (χ3n) is 2.69. The Balaban J connectivity index is 2.05. The first kappa shape index (κ1) is 13.6. The van der Waals surface area contributed by atoms with Crippen LogP contribution in [0.15, 0.2) is 34.2 Å². The molecule has 0 amide bonds. The summed E-state index contributed by atoms with van der Waals surface area (Å²) in [6, 6.07) is 5.04. The standard InChI is InChI=1S/C13H14BrFN2S/c1-13(2,12-16-5-6-18-12)17-8-9-3-4-11(15)10(14)7-9/h3-7,17H,8H2,1-2H3. The van der Waals surface area contributed by atoms with Gasteiger partial charge in [0.25, 0.3) is 0 Å². The molecule has 0 atom stereocenters. The van der Waals surface area contributed by atoms with E-state index in [1.54, 1.807) is 29.7 Å². The molecule has 5 heteroatoms. The van der Waals surface area contributed by atoms with Crippen molar-refractivity contribution in [3.8, 4) is 0 Å². The number of aromatic nitrogens is 1. The highest BCUT2D eigenvalue weighted by molar-refractivity contribution is 9.10. The summed E-state index contributed by atoms with van der Waals surface area (Å²) in [4.78, 5) is 4.32. The van der Waals surface area contributed by atoms with Crippen molar-refractivity contribution in [2.45, 2.75) is 25.9 Å². The number of hydrogen-bond donors (Lipinski definition) is 1. The van der Waals surface area contributed by atoms with E-state index in [0.29, 0.717) is 11.0 Å². The lowest BCUT2D eigenvalue weighted by Gasteiger charge is -2.24. The lowest BCUT2D eigenvalue weighted by molar-refractivity contribution is 0.399. The fraction of sp³-hybridized carbons (Fsp3) is 0.308. The summed E-state index contributed by atoms with van der Waals surface area (Å²) in [5.74, 6) is -0.238. The van der Waals surface area contributed by atoms with Crippen LogP contribution in [0.5, 0.6) is 0 Å². The van der Waals surface area contributed by atoms with Gasteiger partial charge in [-0.1, -0.05) is 6.07 Å². The van der Waals surface area contributed by atoms with Gasteiger partial charge in [-0.3, -0.25) is 0 Å². The predicted octanol–water partition coefficient (Wildman–Crippen LogP) is 4.07. The molecular weight excluding hydrogens is 315 g/mol. The molecule has 0 saturated carbocycles. The van der Waals surface area contributed by atoms with Gasteiger partial charge in [0.2, 0.25) is 0 Å². The zero-order chi connectivity index (χ0) is 13.2. The van der Waals surface area contributed by atoms with E-state index in [9.17, 15) is 4.39 Å². The summed E-state index contributed by atoms with van der Waals surface area (Å²) in [6.07, 6.45) is 1.80. The molecule has 1 aromatic carbocycles. The number of thiazole rings is 1. The zero-order valence-electron chi connectivity index (χ0n) is 10.2. The predicted molar refractivity (Wildman–Crippen MR) is 76.1 cm³/mol. The summed E-state index contributed by atoms with van der Waals surface area (Å²) in [5, 5.41) is 6.44. The lowest BCUT2D eigenvalue weighted by Crippen LogP contribution is -2.35. The summed E-state index contributed by atoms with van der Waals surface area (Å²) in [5.41, 5.74) is 0.850. The van der Waals surface area contributed by atoms with Crippen LogP contribution in [0.3, 0.4) is 0 Å². The molecule has 0 radical (unpaired) electrons. The summed E-state index contributed by atoms with van der Waals surface area (Å²) in [6.45, 7) is 4.85. The Kier molecular flexibility index (Phi) is 4.14. The average molecular weight is 329 g/mol. The Labute approximate surface area is 118 Å². The highest BCUT2D eigenvalue weighted by Gasteiger charge is 2.22. The lowest BCUT2D eigenvalue weighted by atomic mass is 10.1. The topological polar surface area (TPSA) is 24.9 Å². The van der Waals surface area contributed by atoms with Crippen LogP contribution in [-0.2, 0) is 12.1 Å². The van der Waals surface area contributed by atoms with Gasteiger partial charge in [0.05, 0.1) is 10.0 Å². The van der Waals surface area contributed by atoms with Crippen molar-refractivity contribution in [3.63, 3.8) is 0 Å². The van der Waals surface area contributed by atoms with Crippen molar-refractivity contribution >= 4 is 27.3 Å². The molecule has 0 aliphatic rings. The maximum Gasteiger partial charge on any atom is 0.137 e. The van der Waals surface area contributed by atoms with E-state index in [2.05, 4.69) is 40.1 Å². The van der Waals surface area contributed by atoms with Crippen LogP contribution in [0, 0.1) is 5.82 Å². The van der Waals surface area contributed by atoms with Gasteiger partial charge in [-0.05, 0) is 47.5 Å². The number of nitrogens with one attached hydrogen (secondary N) is 1. The van der Waals surface area contributed by atoms with Gasteiger partial charge >= 0.3 is 0 Å². The van der Waals surface area contributed by atoms with Crippen molar-refractivity contribution < 1.29 is 4.39 Å². The third-order valence-corrected chi connectivity index (χ3v) is 4.39. The fourth-order valence-electron chi connectivity index (χ4n) is 1.58. The van der Waals surface area contributed by atoms with E-state index in [1.165, 1.54) is 6.07 Å². The molecule has 1 aromatic heterocycles. The molecule has 1 heterocycles. The number of hydrogen-bond acceptors (Lipinski definition) is 3. The first-order chi connectivity index (χ1) is 8.49. The minimum atomic E-state index is -0.238. The van der Waals surface area contributed by atoms with Gasteiger partial charge in [-0.2, -0.15) is 0 Å². The average Bonchev–Trinajstić information content (AvgIpc) is 2.85. The molecule has 0 aliphatic carbocycles. The number of nitrogens with zero attached hydrogens (tertiary/aromatic N) is 1. The molecule has 0 unspecified atom stereocenters. The van der Waals surface area contributed by atoms with Crippen LogP contribution >= 0.6 is 27.3 Å². The maximum atomic E-state index is 13.1. The second-order valence-electron chi connectivity index (χ2n) is 4.56. The highest BCUT2D eigenvalue weighted by atomic mass is 79.9. The zero-order valence-corrected chi connectivity index (χ0v) is 12.6. The van der Waals surface area contributed by atoms with E-state index in [1.807, 2.05) is 5.38 Å². The number of halogens is 2. The molecule has 0 spiro atoms. The van der Waals surface area contributed by atoms with E-state index >= 15 is 0 Å². The molecule has 0 aliphatic heterocycles. The third kappa shape index (κ3) is 3.16. The Morgan fingerprint density at radius 1 is 1.44 bits per heavy atom. The van der Waals surface area contributed by atoms with Gasteiger partial charge in [0.15, 0.2) is 0 Å². The molecule has 2 nitrogen and oxygen atoms in total. The number of rotatable bonds is 4. The van der Waals surface area contributed by atoms with E-state index in [4.69, 9.17) is 0 Å². The molecule has 2 rings (SSSR count). The Morgan fingerprint density at radius 3 is 2.83 bits per heavy atom. The molecule has 2 aromatic rings. The van der Waals surface area contributed by atoms with Gasteiger partial charge in [-0.15, -0.1) is 11.3 Å². The molecule has 18 heavy (non-hydrogen) atoms. The van der Waals surface area contributed by atoms with Crippen molar-refractivity contribution in [2.24, 2.45) is 0 Å². The Morgan fingerprint density at radius 2 is 2.22 bits per heavy atom. The molecule has 0 fully saturated rings. The number of benzene rings is 1. The minimum absolute atomic E-state index is 0.185. The Bertz CT molecular complexity index is 526. The molecule has 0 bridgehead atoms. The second-order valence-corrected chi connectivity index (χ2v) is 6.31. The van der Waals surface area contributed by atoms with Gasteiger partial charge in [0.1, 0.15) is 10.8 Å². The smallest absolute Gasteiger partial charge is 0.137 e. The van der Waals surface area contributed by atoms with Crippen LogP contribution in [0.2, 0.25) is 0 Å². The molecule has 1 N–H and O–H groups in total. The van der Waals surface area contributed by atoms with Crippen LogP contribution in [-0.4, -0.2) is 4.98 Å². The summed E-state index contributed by atoms with van der Waals surface area (Å²) < 4.78 is 13.6. The SMILES string of the molecule is CC(C)(NCc1ccc(F)c(Br)c1)c1nccs1. The fourth-order valence-corrected chi connectivity index (χ4v) is 2.75. The second kappa shape index (κ2) is 5.47. The first-order valence-electron chi connectivity index (χ1n) is 5.58. The van der Waals surface area contributed by atoms with Gasteiger partial charge < -0.3 is 5.32 Å². The summed E-state index contributed by atoms with van der Waals surface area (Å²) >= 11 is 4.82. The molecule has 0 saturated heterocycles. The van der Waals surface area contributed by atoms with Gasteiger partial charge in [0, 0.05) is 18.1 Å². The summed E-state index contributed by atoms with van der Waals surface area (Å²) in [7, 11) is 0. The maximum absolute atomic E-state index is 13.1. The Hall–Kier alpha value is -0.780. The highest BCUT2D eigenvalue weighted by Crippen LogP contribution is 2.23. The first-order valence-corrected chi connectivity index (χ1v) is 7.25. The van der Waals surface area contributed by atoms with Crippen molar-refractivity contribution in [1.29, 1.82) is 0 Å². The van der Waals surface area contributed by atoms with Crippen LogP contribution in [0.4, 0.5) is 4.39 Å². The van der Waals surface area contributed by atoms with Crippen molar-refractivity contribution in [1.82, 2.24) is 10.3 Å². The minimum Gasteiger partial charge on any atom is -0.302 e. The van der Waals surface area contributed by atoms with Crippen molar-refractivity contribution in [3.05, 3.63) is 50.6 Å². The molecular formula is C13H14BrFN2S. The van der Waals surface area contributed by atoms with Crippen LogP contribution in [0.1, 0.15) is 24.4 Å². The van der Waals surface area contributed by atoms with E-state index in [-0.39, 0.29) is 11.4 Å². The monoisotopic (exact) mass is 328 g/mol. The van der Waals surface area contributed by atoms with Gasteiger partial charge in [-0.25, -0.2) is 9.37 Å².